The predicted molar refractivity (Wildman–Crippen MR) is 79.5 cm³/mol. The third-order valence-electron chi connectivity index (χ3n) is 4.32. The van der Waals surface area contributed by atoms with Crippen LogP contribution >= 0.6 is 0 Å². The van der Waals surface area contributed by atoms with Gasteiger partial charge in [-0.3, -0.25) is 10.1 Å². The summed E-state index contributed by atoms with van der Waals surface area (Å²) in [4.78, 5) is 12.0. The lowest BCUT2D eigenvalue weighted by atomic mass is 9.87. The van der Waals surface area contributed by atoms with Crippen LogP contribution in [-0.4, -0.2) is 19.1 Å². The molecule has 1 aliphatic rings. The maximum atomic E-state index is 13.9. The minimum absolute atomic E-state index is 0.156. The molecule has 1 aliphatic carbocycles. The highest BCUT2D eigenvalue weighted by atomic mass is 19.1. The highest BCUT2D eigenvalue weighted by molar-refractivity contribution is 5.85. The number of carbonyl (C=O) groups is 1. The van der Waals surface area contributed by atoms with Crippen LogP contribution in [0.4, 0.5) is 4.39 Å². The summed E-state index contributed by atoms with van der Waals surface area (Å²) in [5.41, 5.74) is 5.04. The molecule has 1 aromatic rings. The molecular formula is C16H23FN2O2. The van der Waals surface area contributed by atoms with E-state index in [2.05, 4.69) is 5.32 Å². The van der Waals surface area contributed by atoms with Crippen molar-refractivity contribution in [3.8, 4) is 5.75 Å². The van der Waals surface area contributed by atoms with Gasteiger partial charge in [-0.05, 0) is 37.5 Å². The van der Waals surface area contributed by atoms with Gasteiger partial charge in [-0.2, -0.15) is 0 Å². The average molecular weight is 294 g/mol. The second-order valence-electron chi connectivity index (χ2n) is 5.82. The van der Waals surface area contributed by atoms with Gasteiger partial charge in [-0.25, -0.2) is 4.39 Å². The zero-order valence-electron chi connectivity index (χ0n) is 12.6. The monoisotopic (exact) mass is 294 g/mol. The Kier molecular flexibility index (Phi) is 4.83. The van der Waals surface area contributed by atoms with Crippen LogP contribution in [0.15, 0.2) is 18.2 Å². The van der Waals surface area contributed by atoms with Crippen LogP contribution in [0.3, 0.4) is 0 Å². The molecule has 0 bridgehead atoms. The zero-order chi connectivity index (χ0) is 15.5. The molecule has 2 rings (SSSR count). The molecule has 0 radical (unpaired) electrons. The summed E-state index contributed by atoms with van der Waals surface area (Å²) >= 11 is 0. The fraction of sp³-hybridized carbons (Fsp3) is 0.562. The van der Waals surface area contributed by atoms with E-state index in [9.17, 15) is 9.18 Å². The number of nitrogens with two attached hydrogens (primary N) is 1. The minimum atomic E-state index is -1.07. The summed E-state index contributed by atoms with van der Waals surface area (Å²) in [6, 6.07) is 4.76. The molecule has 1 amide bonds. The van der Waals surface area contributed by atoms with Crippen molar-refractivity contribution in [2.24, 2.45) is 5.73 Å². The van der Waals surface area contributed by atoms with Crippen molar-refractivity contribution < 1.29 is 13.9 Å². The Balaban J connectivity index is 2.28. The van der Waals surface area contributed by atoms with Gasteiger partial charge >= 0.3 is 0 Å². The molecule has 5 heteroatoms. The molecule has 0 heterocycles. The number of amides is 1. The molecule has 1 fully saturated rings. The summed E-state index contributed by atoms with van der Waals surface area (Å²) in [5.74, 6) is -0.839. The molecule has 1 unspecified atom stereocenters. The van der Waals surface area contributed by atoms with E-state index in [1.54, 1.807) is 13.0 Å². The molecule has 0 spiro atoms. The largest absolute Gasteiger partial charge is 0.494 e. The van der Waals surface area contributed by atoms with Gasteiger partial charge < -0.3 is 10.5 Å². The molecule has 1 aromatic carbocycles. The van der Waals surface area contributed by atoms with Gasteiger partial charge in [0.05, 0.1) is 7.11 Å². The number of rotatable bonds is 5. The first-order chi connectivity index (χ1) is 9.97. The molecule has 4 nitrogen and oxygen atoms in total. The number of carbonyl (C=O) groups excluding carboxylic acids is 1. The summed E-state index contributed by atoms with van der Waals surface area (Å²) in [5, 5.41) is 3.33. The van der Waals surface area contributed by atoms with Crippen LogP contribution in [0, 0.1) is 5.82 Å². The Morgan fingerprint density at radius 2 is 2.05 bits per heavy atom. The third kappa shape index (κ3) is 3.35. The Morgan fingerprint density at radius 1 is 1.38 bits per heavy atom. The lowest BCUT2D eigenvalue weighted by Crippen LogP contribution is -2.54. The first kappa shape index (κ1) is 15.8. The van der Waals surface area contributed by atoms with Gasteiger partial charge in [0.1, 0.15) is 5.54 Å². The van der Waals surface area contributed by atoms with Crippen molar-refractivity contribution >= 4 is 5.91 Å². The lowest BCUT2D eigenvalue weighted by Gasteiger charge is -2.35. The maximum absolute atomic E-state index is 13.9. The van der Waals surface area contributed by atoms with Crippen molar-refractivity contribution in [1.82, 2.24) is 5.32 Å². The van der Waals surface area contributed by atoms with E-state index in [0.29, 0.717) is 5.56 Å². The number of hydrogen-bond donors (Lipinski definition) is 2. The van der Waals surface area contributed by atoms with Gasteiger partial charge in [-0.15, -0.1) is 0 Å². The molecule has 1 saturated carbocycles. The van der Waals surface area contributed by atoms with Gasteiger partial charge in [0.25, 0.3) is 0 Å². The molecule has 0 aliphatic heterocycles. The van der Waals surface area contributed by atoms with E-state index in [4.69, 9.17) is 10.5 Å². The standard InChI is InChI=1S/C16H23FN2O2/c1-16(15(18)20,19-12-6-4-3-5-7-12)11-8-9-14(21-2)13(17)10-11/h8-10,12,19H,3-7H2,1-2H3,(H2,18,20). The molecule has 0 aromatic heterocycles. The third-order valence-corrected chi connectivity index (χ3v) is 4.32. The SMILES string of the molecule is COc1ccc(C(C)(NC2CCCCC2)C(N)=O)cc1F. The van der Waals surface area contributed by atoms with Gasteiger partial charge in [0.2, 0.25) is 5.91 Å². The van der Waals surface area contributed by atoms with E-state index in [1.807, 2.05) is 0 Å². The van der Waals surface area contributed by atoms with Crippen molar-refractivity contribution in [2.45, 2.75) is 50.6 Å². The van der Waals surface area contributed by atoms with E-state index in [-0.39, 0.29) is 11.8 Å². The lowest BCUT2D eigenvalue weighted by molar-refractivity contribution is -0.124. The van der Waals surface area contributed by atoms with Crippen molar-refractivity contribution in [3.05, 3.63) is 29.6 Å². The number of nitrogens with one attached hydrogen (secondary N) is 1. The van der Waals surface area contributed by atoms with Crippen LogP contribution in [0.25, 0.3) is 0 Å². The smallest absolute Gasteiger partial charge is 0.242 e. The highest BCUT2D eigenvalue weighted by Gasteiger charge is 2.36. The number of methoxy groups -OCH3 is 1. The fourth-order valence-electron chi connectivity index (χ4n) is 2.93. The predicted octanol–water partition coefficient (Wildman–Crippen LogP) is 2.46. The molecule has 1 atom stereocenters. The van der Waals surface area contributed by atoms with Gasteiger partial charge in [0.15, 0.2) is 11.6 Å². The van der Waals surface area contributed by atoms with Crippen molar-refractivity contribution in [2.75, 3.05) is 7.11 Å². The first-order valence-electron chi connectivity index (χ1n) is 7.39. The van der Waals surface area contributed by atoms with E-state index < -0.39 is 17.3 Å². The van der Waals surface area contributed by atoms with Crippen LogP contribution in [0.5, 0.6) is 5.75 Å². The topological polar surface area (TPSA) is 64.3 Å². The molecular weight excluding hydrogens is 271 g/mol. The van der Waals surface area contributed by atoms with E-state index >= 15 is 0 Å². The van der Waals surface area contributed by atoms with E-state index in [0.717, 1.165) is 25.7 Å². The fourth-order valence-corrected chi connectivity index (χ4v) is 2.93. The maximum Gasteiger partial charge on any atom is 0.242 e. The van der Waals surface area contributed by atoms with Crippen LogP contribution in [0.1, 0.15) is 44.6 Å². The number of benzene rings is 1. The summed E-state index contributed by atoms with van der Waals surface area (Å²) in [6.45, 7) is 1.71. The molecule has 116 valence electrons. The van der Waals surface area contributed by atoms with Crippen LogP contribution in [-0.2, 0) is 10.3 Å². The summed E-state index contributed by atoms with van der Waals surface area (Å²) < 4.78 is 18.8. The quantitative estimate of drug-likeness (QED) is 0.876. The molecule has 3 N–H and O–H groups in total. The van der Waals surface area contributed by atoms with Crippen LogP contribution < -0.4 is 15.8 Å². The Hall–Kier alpha value is -1.62. The Bertz CT molecular complexity index is 515. The summed E-state index contributed by atoms with van der Waals surface area (Å²) in [6.07, 6.45) is 5.54. The van der Waals surface area contributed by atoms with Crippen molar-refractivity contribution in [1.29, 1.82) is 0 Å². The average Bonchev–Trinajstić information content (AvgIpc) is 2.47. The highest BCUT2D eigenvalue weighted by Crippen LogP contribution is 2.28. The Labute approximate surface area is 124 Å². The first-order valence-corrected chi connectivity index (χ1v) is 7.39. The normalized spacial score (nSPS) is 19.0. The second-order valence-corrected chi connectivity index (χ2v) is 5.82. The van der Waals surface area contributed by atoms with Crippen molar-refractivity contribution in [3.63, 3.8) is 0 Å². The molecule has 0 saturated heterocycles. The van der Waals surface area contributed by atoms with E-state index in [1.165, 1.54) is 25.7 Å². The Morgan fingerprint density at radius 3 is 2.57 bits per heavy atom. The number of primary amides is 1. The number of hydrogen-bond acceptors (Lipinski definition) is 3. The van der Waals surface area contributed by atoms with Gasteiger partial charge in [0, 0.05) is 6.04 Å². The number of ether oxygens (including phenoxy) is 1. The summed E-state index contributed by atoms with van der Waals surface area (Å²) in [7, 11) is 1.41. The number of halogens is 1. The zero-order valence-corrected chi connectivity index (χ0v) is 12.6. The van der Waals surface area contributed by atoms with Crippen LogP contribution in [0.2, 0.25) is 0 Å². The minimum Gasteiger partial charge on any atom is -0.494 e. The molecule has 21 heavy (non-hydrogen) atoms. The van der Waals surface area contributed by atoms with Gasteiger partial charge in [-0.1, -0.05) is 25.3 Å². The second kappa shape index (κ2) is 6.43.